The van der Waals surface area contributed by atoms with Crippen molar-refractivity contribution in [3.63, 3.8) is 0 Å². The van der Waals surface area contributed by atoms with Crippen LogP contribution in [0.4, 0.5) is 10.5 Å². The van der Waals surface area contributed by atoms with Crippen LogP contribution < -0.4 is 5.32 Å². The first-order valence-corrected chi connectivity index (χ1v) is 11.8. The minimum absolute atomic E-state index is 0.119. The Balaban J connectivity index is 3.00. The number of carbonyl (C=O) groups is 1. The van der Waals surface area contributed by atoms with Crippen molar-refractivity contribution in [1.82, 2.24) is 0 Å². The lowest BCUT2D eigenvalue weighted by Crippen LogP contribution is -2.41. The van der Waals surface area contributed by atoms with E-state index in [1.807, 2.05) is 45.0 Å². The third kappa shape index (κ3) is 6.49. The summed E-state index contributed by atoms with van der Waals surface area (Å²) in [6, 6.07) is 7.54. The zero-order valence-electron chi connectivity index (χ0n) is 17.4. The first-order chi connectivity index (χ1) is 11.8. The Morgan fingerprint density at radius 1 is 1.15 bits per heavy atom. The second kappa shape index (κ2) is 8.25. The molecule has 0 spiro atoms. The molecule has 0 aromatic heterocycles. The van der Waals surface area contributed by atoms with Gasteiger partial charge in [0.05, 0.1) is 12.3 Å². The second-order valence-electron chi connectivity index (χ2n) is 8.88. The molecule has 0 fully saturated rings. The Labute approximate surface area is 159 Å². The Kier molecular flexibility index (Phi) is 7.06. The zero-order chi connectivity index (χ0) is 20.2. The van der Waals surface area contributed by atoms with Gasteiger partial charge in [-0.15, -0.1) is 5.73 Å². The van der Waals surface area contributed by atoms with Crippen LogP contribution >= 0.6 is 0 Å². The summed E-state index contributed by atoms with van der Waals surface area (Å²) in [6.45, 7) is 20.7. The van der Waals surface area contributed by atoms with Crippen LogP contribution in [0.25, 0.3) is 5.57 Å². The van der Waals surface area contributed by atoms with Gasteiger partial charge >= 0.3 is 6.09 Å². The normalized spacial score (nSPS) is 12.3. The fraction of sp³-hybridized carbons (Fsp3) is 0.524. The van der Waals surface area contributed by atoms with Gasteiger partial charge in [-0.25, -0.2) is 4.79 Å². The monoisotopic (exact) mass is 375 g/mol. The van der Waals surface area contributed by atoms with E-state index >= 15 is 0 Å². The van der Waals surface area contributed by atoms with Crippen LogP contribution in [-0.2, 0) is 9.16 Å². The van der Waals surface area contributed by atoms with Crippen LogP contribution in [0, 0.1) is 0 Å². The molecule has 26 heavy (non-hydrogen) atoms. The first kappa shape index (κ1) is 22.2. The highest BCUT2D eigenvalue weighted by Gasteiger charge is 2.37. The van der Waals surface area contributed by atoms with E-state index in [1.54, 1.807) is 0 Å². The van der Waals surface area contributed by atoms with Crippen LogP contribution in [0.15, 0.2) is 36.6 Å². The fourth-order valence-corrected chi connectivity index (χ4v) is 2.90. The van der Waals surface area contributed by atoms with Gasteiger partial charge in [-0.1, -0.05) is 45.5 Å². The summed E-state index contributed by atoms with van der Waals surface area (Å²) in [4.78, 5) is 12.1. The number of para-hydroxylation sites is 1. The molecule has 0 atom stereocenters. The van der Waals surface area contributed by atoms with Crippen molar-refractivity contribution >= 4 is 25.7 Å². The summed E-state index contributed by atoms with van der Waals surface area (Å²) >= 11 is 0. The van der Waals surface area contributed by atoms with Gasteiger partial charge in [0.15, 0.2) is 8.32 Å². The molecule has 1 N–H and O–H groups in total. The molecule has 1 aromatic carbocycles. The van der Waals surface area contributed by atoms with E-state index < -0.39 is 20.0 Å². The molecule has 0 bridgehead atoms. The van der Waals surface area contributed by atoms with Crippen molar-refractivity contribution in [2.75, 3.05) is 11.9 Å². The van der Waals surface area contributed by atoms with Crippen molar-refractivity contribution in [3.05, 3.63) is 42.1 Å². The van der Waals surface area contributed by atoms with Gasteiger partial charge in [-0.05, 0) is 45.0 Å². The maximum atomic E-state index is 12.1. The molecule has 0 saturated heterocycles. The molecule has 144 valence electrons. The Morgan fingerprint density at radius 2 is 1.73 bits per heavy atom. The molecule has 5 heteroatoms. The van der Waals surface area contributed by atoms with Crippen molar-refractivity contribution in [1.29, 1.82) is 0 Å². The number of ether oxygens (including phenoxy) is 1. The highest BCUT2D eigenvalue weighted by molar-refractivity contribution is 6.74. The van der Waals surface area contributed by atoms with E-state index in [9.17, 15) is 4.79 Å². The van der Waals surface area contributed by atoms with E-state index in [2.05, 4.69) is 51.5 Å². The first-order valence-electron chi connectivity index (χ1n) is 8.89. The predicted molar refractivity (Wildman–Crippen MR) is 112 cm³/mol. The van der Waals surface area contributed by atoms with Gasteiger partial charge in [-0.3, -0.25) is 5.32 Å². The lowest BCUT2D eigenvalue weighted by Gasteiger charge is -2.36. The third-order valence-electron chi connectivity index (χ3n) is 4.48. The van der Waals surface area contributed by atoms with Crippen molar-refractivity contribution in [2.24, 2.45) is 0 Å². The fourth-order valence-electron chi connectivity index (χ4n) is 1.96. The maximum Gasteiger partial charge on any atom is 0.412 e. The van der Waals surface area contributed by atoms with Crippen LogP contribution in [0.1, 0.15) is 47.1 Å². The van der Waals surface area contributed by atoms with Crippen molar-refractivity contribution in [3.8, 4) is 0 Å². The van der Waals surface area contributed by atoms with Crippen LogP contribution in [0.2, 0.25) is 18.1 Å². The van der Waals surface area contributed by atoms with Gasteiger partial charge in [-0.2, -0.15) is 0 Å². The smallest absolute Gasteiger partial charge is 0.412 e. The molecule has 0 saturated carbocycles. The molecule has 1 rings (SSSR count). The minimum atomic E-state index is -1.90. The summed E-state index contributed by atoms with van der Waals surface area (Å²) < 4.78 is 11.6. The number of hydrogen-bond donors (Lipinski definition) is 1. The quantitative estimate of drug-likeness (QED) is 0.490. The number of benzene rings is 1. The summed E-state index contributed by atoms with van der Waals surface area (Å²) in [5.74, 6) is 0. The second-order valence-corrected chi connectivity index (χ2v) is 13.7. The Bertz CT molecular complexity index is 690. The predicted octanol–water partition coefficient (Wildman–Crippen LogP) is 6.22. The van der Waals surface area contributed by atoms with E-state index in [0.717, 1.165) is 11.1 Å². The molecule has 0 radical (unpaired) electrons. The average Bonchev–Trinajstić information content (AvgIpc) is 2.46. The molecule has 4 nitrogen and oxygen atoms in total. The molecular formula is C21H33NO3Si. The van der Waals surface area contributed by atoms with Gasteiger partial charge < -0.3 is 9.16 Å². The summed E-state index contributed by atoms with van der Waals surface area (Å²) in [7, 11) is -1.90. The molecular weight excluding hydrogens is 342 g/mol. The number of nitrogens with one attached hydrogen (secondary N) is 1. The van der Waals surface area contributed by atoms with Gasteiger partial charge in [0.25, 0.3) is 0 Å². The summed E-state index contributed by atoms with van der Waals surface area (Å²) in [5, 5.41) is 2.93. The van der Waals surface area contributed by atoms with Crippen LogP contribution in [0.3, 0.4) is 0 Å². The number of anilines is 1. The standard InChI is InChI=1S/C21H33NO3Si/c1-10-16(15-24-26(8,9)21(5,6)7)17-13-11-12-14-18(17)22-19(23)25-20(2,3)4/h11-14H,1,15H2,2-9H3,(H,22,23). The maximum absolute atomic E-state index is 12.1. The zero-order valence-corrected chi connectivity index (χ0v) is 18.4. The van der Waals surface area contributed by atoms with E-state index in [-0.39, 0.29) is 5.04 Å². The van der Waals surface area contributed by atoms with Gasteiger partial charge in [0.2, 0.25) is 0 Å². The van der Waals surface area contributed by atoms with Crippen molar-refractivity contribution in [2.45, 2.75) is 65.3 Å². The third-order valence-corrected chi connectivity index (χ3v) is 8.96. The Hall–Kier alpha value is -1.81. The highest BCUT2D eigenvalue weighted by Crippen LogP contribution is 2.37. The van der Waals surface area contributed by atoms with Crippen molar-refractivity contribution < 1.29 is 14.0 Å². The average molecular weight is 376 g/mol. The van der Waals surface area contributed by atoms with Gasteiger partial charge in [0, 0.05) is 11.1 Å². The number of carbonyl (C=O) groups excluding carboxylic acids is 1. The molecule has 1 aromatic rings. The highest BCUT2D eigenvalue weighted by atomic mass is 28.4. The van der Waals surface area contributed by atoms with Crippen LogP contribution in [0.5, 0.6) is 0 Å². The lowest BCUT2D eigenvalue weighted by molar-refractivity contribution is 0.0636. The molecule has 0 unspecified atom stereocenters. The number of hydrogen-bond acceptors (Lipinski definition) is 3. The summed E-state index contributed by atoms with van der Waals surface area (Å²) in [5.41, 5.74) is 4.74. The molecule has 0 aliphatic carbocycles. The van der Waals surface area contributed by atoms with E-state index in [1.165, 1.54) is 0 Å². The SMILES string of the molecule is C=C=C(CO[Si](C)(C)C(C)(C)C)c1ccccc1NC(=O)OC(C)(C)C. The minimum Gasteiger partial charge on any atom is -0.444 e. The number of amides is 1. The van der Waals surface area contributed by atoms with E-state index in [4.69, 9.17) is 9.16 Å². The summed E-state index contributed by atoms with van der Waals surface area (Å²) in [6.07, 6.45) is -0.487. The molecule has 1 amide bonds. The largest absolute Gasteiger partial charge is 0.444 e. The lowest BCUT2D eigenvalue weighted by atomic mass is 10.1. The van der Waals surface area contributed by atoms with E-state index in [0.29, 0.717) is 12.3 Å². The Morgan fingerprint density at radius 3 is 2.23 bits per heavy atom. The number of rotatable bonds is 5. The molecule has 0 aliphatic heterocycles. The van der Waals surface area contributed by atoms with Crippen LogP contribution in [-0.4, -0.2) is 26.6 Å². The molecule has 0 heterocycles. The van der Waals surface area contributed by atoms with Gasteiger partial charge in [0.1, 0.15) is 5.60 Å². The topological polar surface area (TPSA) is 47.6 Å². The molecule has 0 aliphatic rings.